The molecule has 0 fully saturated rings. The van der Waals surface area contributed by atoms with Gasteiger partial charge in [0.05, 0.1) is 0 Å². The first-order valence-corrected chi connectivity index (χ1v) is 16.7. The van der Waals surface area contributed by atoms with Crippen molar-refractivity contribution in [3.05, 3.63) is 170 Å². The summed E-state index contributed by atoms with van der Waals surface area (Å²) in [6, 6.07) is 58.7. The molecule has 0 atom stereocenters. The molecular formula is C46H28N2O2. The Hall–Kier alpha value is -6.78. The van der Waals surface area contributed by atoms with Gasteiger partial charge in [-0.05, 0) is 69.8 Å². The Kier molecular flexibility index (Phi) is 6.46. The second kappa shape index (κ2) is 11.4. The summed E-state index contributed by atoms with van der Waals surface area (Å²) in [5.41, 5.74) is 13.5. The molecule has 3 aromatic heterocycles. The van der Waals surface area contributed by atoms with Crippen molar-refractivity contribution in [2.45, 2.75) is 0 Å². The molecule has 0 amide bonds. The zero-order valence-corrected chi connectivity index (χ0v) is 26.9. The largest absolute Gasteiger partial charge is 0.456 e. The summed E-state index contributed by atoms with van der Waals surface area (Å²) in [5.74, 6) is 0.627. The predicted octanol–water partition coefficient (Wildman–Crippen LogP) is 12.6. The Morgan fingerprint density at radius 1 is 0.360 bits per heavy atom. The van der Waals surface area contributed by atoms with Crippen molar-refractivity contribution in [2.24, 2.45) is 0 Å². The second-order valence-electron chi connectivity index (χ2n) is 12.6. The van der Waals surface area contributed by atoms with E-state index in [9.17, 15) is 0 Å². The third-order valence-electron chi connectivity index (χ3n) is 9.52. The summed E-state index contributed by atoms with van der Waals surface area (Å²) in [6.45, 7) is 0. The molecule has 0 spiro atoms. The highest BCUT2D eigenvalue weighted by molar-refractivity contribution is 6.13. The molecule has 0 radical (unpaired) electrons. The summed E-state index contributed by atoms with van der Waals surface area (Å²) >= 11 is 0. The van der Waals surface area contributed by atoms with Gasteiger partial charge in [0.2, 0.25) is 0 Å². The van der Waals surface area contributed by atoms with Crippen LogP contribution in [0.4, 0.5) is 0 Å². The summed E-state index contributed by atoms with van der Waals surface area (Å²) in [5, 5.41) is 3.00. The molecular weight excluding hydrogens is 613 g/mol. The molecule has 234 valence electrons. The van der Waals surface area contributed by atoms with Crippen LogP contribution in [0.5, 0.6) is 0 Å². The van der Waals surface area contributed by atoms with Gasteiger partial charge in [0.15, 0.2) is 11.4 Å². The Morgan fingerprint density at radius 2 is 0.880 bits per heavy atom. The van der Waals surface area contributed by atoms with E-state index in [4.69, 9.17) is 18.8 Å². The first-order chi connectivity index (χ1) is 24.8. The average molecular weight is 641 g/mol. The van der Waals surface area contributed by atoms with Crippen LogP contribution in [0.1, 0.15) is 0 Å². The van der Waals surface area contributed by atoms with Crippen molar-refractivity contribution < 1.29 is 8.83 Å². The fourth-order valence-electron chi connectivity index (χ4n) is 7.08. The zero-order valence-electron chi connectivity index (χ0n) is 26.9. The van der Waals surface area contributed by atoms with Crippen LogP contribution in [0.3, 0.4) is 0 Å². The Bertz CT molecular complexity index is 2860. The lowest BCUT2D eigenvalue weighted by Gasteiger charge is -2.10. The van der Waals surface area contributed by atoms with Gasteiger partial charge in [-0.15, -0.1) is 0 Å². The van der Waals surface area contributed by atoms with Crippen molar-refractivity contribution in [1.82, 2.24) is 9.97 Å². The molecule has 0 saturated heterocycles. The van der Waals surface area contributed by atoms with Crippen molar-refractivity contribution in [3.63, 3.8) is 0 Å². The topological polar surface area (TPSA) is 52.1 Å². The van der Waals surface area contributed by atoms with E-state index in [1.807, 2.05) is 54.6 Å². The molecule has 3 heterocycles. The standard InChI is InChI=1S/C46H28N2O2/c1-2-11-29(12-3-1)30-23-25-31(26-24-30)32-13-8-14-33(27-32)34-15-9-16-35(28-34)43-45-44(37-18-5-7-21-40(37)50-45)48-46(47-43)38-19-10-22-41-42(38)36-17-4-6-20-39(36)49-41/h1-28H. The van der Waals surface area contributed by atoms with Crippen LogP contribution in [0.2, 0.25) is 0 Å². The average Bonchev–Trinajstić information content (AvgIpc) is 3.77. The van der Waals surface area contributed by atoms with Gasteiger partial charge in [0.1, 0.15) is 28.0 Å². The van der Waals surface area contributed by atoms with E-state index in [-0.39, 0.29) is 0 Å². The lowest BCUT2D eigenvalue weighted by molar-refractivity contribution is 0.667. The van der Waals surface area contributed by atoms with Gasteiger partial charge in [0.25, 0.3) is 0 Å². The highest BCUT2D eigenvalue weighted by atomic mass is 16.3. The molecule has 10 rings (SSSR count). The number of nitrogens with zero attached hydrogens (tertiary/aromatic N) is 2. The maximum absolute atomic E-state index is 6.49. The van der Waals surface area contributed by atoms with Crippen molar-refractivity contribution in [2.75, 3.05) is 0 Å². The van der Waals surface area contributed by atoms with Crippen LogP contribution in [-0.2, 0) is 0 Å². The fourth-order valence-corrected chi connectivity index (χ4v) is 7.08. The summed E-state index contributed by atoms with van der Waals surface area (Å²) in [7, 11) is 0. The van der Waals surface area contributed by atoms with Crippen LogP contribution >= 0.6 is 0 Å². The van der Waals surface area contributed by atoms with Gasteiger partial charge in [0, 0.05) is 27.3 Å². The van der Waals surface area contributed by atoms with E-state index in [1.54, 1.807) is 0 Å². The molecule has 7 aromatic carbocycles. The first-order valence-electron chi connectivity index (χ1n) is 16.7. The maximum Gasteiger partial charge on any atom is 0.180 e. The minimum absolute atomic E-state index is 0.627. The van der Waals surface area contributed by atoms with E-state index < -0.39 is 0 Å². The quantitative estimate of drug-likeness (QED) is 0.188. The number of hydrogen-bond donors (Lipinski definition) is 0. The number of hydrogen-bond acceptors (Lipinski definition) is 4. The molecule has 0 aliphatic carbocycles. The van der Waals surface area contributed by atoms with Gasteiger partial charge >= 0.3 is 0 Å². The van der Waals surface area contributed by atoms with E-state index in [0.717, 1.165) is 71.9 Å². The van der Waals surface area contributed by atoms with Crippen LogP contribution in [0, 0.1) is 0 Å². The summed E-state index contributed by atoms with van der Waals surface area (Å²) in [4.78, 5) is 10.4. The van der Waals surface area contributed by atoms with Gasteiger partial charge in [-0.2, -0.15) is 0 Å². The molecule has 50 heavy (non-hydrogen) atoms. The van der Waals surface area contributed by atoms with E-state index in [0.29, 0.717) is 11.4 Å². The SMILES string of the molecule is c1ccc(-c2ccc(-c3cccc(-c4cccc(-c5nc(-c6cccc7oc8ccccc8c67)nc6c5oc5ccccc56)c4)c3)cc2)cc1. The molecule has 4 nitrogen and oxygen atoms in total. The number of para-hydroxylation sites is 2. The smallest absolute Gasteiger partial charge is 0.180 e. The van der Waals surface area contributed by atoms with Gasteiger partial charge in [-0.25, -0.2) is 9.97 Å². The number of benzene rings is 7. The Morgan fingerprint density at radius 3 is 1.64 bits per heavy atom. The van der Waals surface area contributed by atoms with E-state index in [2.05, 4.69) is 115 Å². The first kappa shape index (κ1) is 28.3. The third kappa shape index (κ3) is 4.69. The summed E-state index contributed by atoms with van der Waals surface area (Å²) < 4.78 is 12.7. The Balaban J connectivity index is 1.11. The van der Waals surface area contributed by atoms with Crippen molar-refractivity contribution in [1.29, 1.82) is 0 Å². The van der Waals surface area contributed by atoms with Crippen LogP contribution in [0.15, 0.2) is 179 Å². The molecule has 0 bridgehead atoms. The lowest BCUT2D eigenvalue weighted by Crippen LogP contribution is -1.94. The van der Waals surface area contributed by atoms with Gasteiger partial charge < -0.3 is 8.83 Å². The number of aromatic nitrogens is 2. The van der Waals surface area contributed by atoms with E-state index in [1.165, 1.54) is 16.7 Å². The monoisotopic (exact) mass is 640 g/mol. The molecule has 0 saturated carbocycles. The number of rotatable bonds is 5. The van der Waals surface area contributed by atoms with Crippen LogP contribution in [-0.4, -0.2) is 9.97 Å². The van der Waals surface area contributed by atoms with Crippen molar-refractivity contribution in [3.8, 4) is 56.0 Å². The van der Waals surface area contributed by atoms with Gasteiger partial charge in [-0.3, -0.25) is 0 Å². The minimum Gasteiger partial charge on any atom is -0.456 e. The number of furan rings is 2. The van der Waals surface area contributed by atoms with Crippen LogP contribution in [0.25, 0.3) is 100 Å². The zero-order chi connectivity index (χ0) is 33.0. The fraction of sp³-hybridized carbons (Fsp3) is 0. The lowest BCUT2D eigenvalue weighted by atomic mass is 9.96. The summed E-state index contributed by atoms with van der Waals surface area (Å²) in [6.07, 6.45) is 0. The number of fused-ring (bicyclic) bond motifs is 6. The molecule has 4 heteroatoms. The Labute approximate surface area is 287 Å². The van der Waals surface area contributed by atoms with Crippen molar-refractivity contribution >= 4 is 44.0 Å². The molecule has 0 aliphatic rings. The molecule has 10 aromatic rings. The highest BCUT2D eigenvalue weighted by Gasteiger charge is 2.21. The maximum atomic E-state index is 6.49. The van der Waals surface area contributed by atoms with Gasteiger partial charge in [-0.1, -0.05) is 133 Å². The normalized spacial score (nSPS) is 11.6. The predicted molar refractivity (Wildman–Crippen MR) is 204 cm³/mol. The second-order valence-corrected chi connectivity index (χ2v) is 12.6. The highest BCUT2D eigenvalue weighted by Crippen LogP contribution is 2.40. The molecule has 0 N–H and O–H groups in total. The molecule has 0 unspecified atom stereocenters. The molecule has 0 aliphatic heterocycles. The minimum atomic E-state index is 0.627. The van der Waals surface area contributed by atoms with Crippen LogP contribution < -0.4 is 0 Å². The third-order valence-corrected chi connectivity index (χ3v) is 9.52. The van der Waals surface area contributed by atoms with E-state index >= 15 is 0 Å².